The van der Waals surface area contributed by atoms with Crippen LogP contribution in [0.1, 0.15) is 0 Å². The second-order valence-electron chi connectivity index (χ2n) is 7.70. The maximum Gasteiger partial charge on any atom is 0.253 e. The van der Waals surface area contributed by atoms with E-state index >= 15 is 0 Å². The minimum atomic E-state index is 0.723. The molecule has 4 aromatic carbocycles. The van der Waals surface area contributed by atoms with Crippen molar-refractivity contribution in [2.75, 3.05) is 0 Å². The molecule has 0 aliphatic heterocycles. The van der Waals surface area contributed by atoms with E-state index in [2.05, 4.69) is 140 Å². The van der Waals surface area contributed by atoms with Gasteiger partial charge in [-0.05, 0) is 48.5 Å². The van der Waals surface area contributed by atoms with Crippen LogP contribution in [0.2, 0.25) is 0 Å². The summed E-state index contributed by atoms with van der Waals surface area (Å²) in [6.45, 7) is 0.723. The molecule has 2 heterocycles. The lowest BCUT2D eigenvalue weighted by atomic mass is 10.3. The number of aromatic nitrogens is 4. The van der Waals surface area contributed by atoms with Gasteiger partial charge in [0.25, 0.3) is 12.7 Å². The summed E-state index contributed by atoms with van der Waals surface area (Å²) in [5, 5.41) is 0. The number of hydrogen-bond acceptors (Lipinski definition) is 0. The van der Waals surface area contributed by atoms with Crippen LogP contribution < -0.4 is 9.13 Å². The fourth-order valence-electron chi connectivity index (χ4n) is 4.33. The molecule has 0 N–H and O–H groups in total. The Morgan fingerprint density at radius 1 is 0.452 bits per heavy atom. The fourth-order valence-corrected chi connectivity index (χ4v) is 4.33. The number of hydrogen-bond donors (Lipinski definition) is 0. The molecule has 0 aliphatic carbocycles. The third kappa shape index (κ3) is 3.01. The second-order valence-corrected chi connectivity index (χ2v) is 7.70. The van der Waals surface area contributed by atoms with Crippen LogP contribution in [0.3, 0.4) is 0 Å². The number of imidazole rings is 2. The molecule has 0 radical (unpaired) electrons. The van der Waals surface area contributed by atoms with Crippen molar-refractivity contribution >= 4 is 22.1 Å². The Bertz CT molecular complexity index is 1380. The van der Waals surface area contributed by atoms with Gasteiger partial charge >= 0.3 is 0 Å². The van der Waals surface area contributed by atoms with Gasteiger partial charge in [0.2, 0.25) is 6.67 Å². The van der Waals surface area contributed by atoms with Crippen LogP contribution in [-0.2, 0) is 6.67 Å². The van der Waals surface area contributed by atoms with Crippen LogP contribution in [0.5, 0.6) is 0 Å². The van der Waals surface area contributed by atoms with Gasteiger partial charge in [0.05, 0.1) is 0 Å². The van der Waals surface area contributed by atoms with Gasteiger partial charge in [0.1, 0.15) is 11.4 Å². The smallest absolute Gasteiger partial charge is 0.195 e. The number of nitrogens with zero attached hydrogens (tertiary/aromatic N) is 4. The average Bonchev–Trinajstić information content (AvgIpc) is 3.40. The summed E-state index contributed by atoms with van der Waals surface area (Å²) in [4.78, 5) is 0. The zero-order chi connectivity index (χ0) is 20.6. The molecule has 6 aromatic rings. The van der Waals surface area contributed by atoms with E-state index < -0.39 is 0 Å². The van der Waals surface area contributed by atoms with Crippen LogP contribution in [0.15, 0.2) is 122 Å². The van der Waals surface area contributed by atoms with Gasteiger partial charge in [0, 0.05) is 0 Å². The van der Waals surface area contributed by atoms with Crippen molar-refractivity contribution in [3.05, 3.63) is 122 Å². The highest BCUT2D eigenvalue weighted by atomic mass is 15.3. The quantitative estimate of drug-likeness (QED) is 0.382. The zero-order valence-corrected chi connectivity index (χ0v) is 17.0. The number of para-hydroxylation sites is 6. The van der Waals surface area contributed by atoms with E-state index in [-0.39, 0.29) is 0 Å². The first kappa shape index (κ1) is 17.7. The lowest BCUT2D eigenvalue weighted by Crippen LogP contribution is -2.50. The molecule has 0 bridgehead atoms. The minimum Gasteiger partial charge on any atom is -0.195 e. The Morgan fingerprint density at radius 2 is 0.839 bits per heavy atom. The summed E-state index contributed by atoms with van der Waals surface area (Å²) in [7, 11) is 0. The van der Waals surface area contributed by atoms with Crippen molar-refractivity contribution in [3.63, 3.8) is 0 Å². The Kier molecular flexibility index (Phi) is 4.13. The molecule has 4 heteroatoms. The molecule has 0 unspecified atom stereocenters. The molecule has 0 spiro atoms. The topological polar surface area (TPSA) is 17.6 Å². The van der Waals surface area contributed by atoms with Gasteiger partial charge in [0.15, 0.2) is 22.1 Å². The van der Waals surface area contributed by atoms with Gasteiger partial charge in [-0.1, -0.05) is 60.7 Å². The van der Waals surface area contributed by atoms with Gasteiger partial charge in [-0.3, -0.25) is 0 Å². The lowest BCUT2D eigenvalue weighted by molar-refractivity contribution is -0.890. The molecular weight excluding hydrogens is 380 g/mol. The molecule has 31 heavy (non-hydrogen) atoms. The molecule has 4 nitrogen and oxygen atoms in total. The summed E-state index contributed by atoms with van der Waals surface area (Å²) in [6.07, 6.45) is 4.39. The largest absolute Gasteiger partial charge is 0.253 e. The highest BCUT2D eigenvalue weighted by molar-refractivity contribution is 5.75. The van der Waals surface area contributed by atoms with E-state index in [1.807, 2.05) is 0 Å². The van der Waals surface area contributed by atoms with Gasteiger partial charge < -0.3 is 0 Å². The van der Waals surface area contributed by atoms with Gasteiger partial charge in [-0.15, -0.1) is 0 Å². The molecule has 0 amide bonds. The van der Waals surface area contributed by atoms with Crippen LogP contribution >= 0.6 is 0 Å². The van der Waals surface area contributed by atoms with Crippen LogP contribution in [0.4, 0.5) is 0 Å². The highest BCUT2D eigenvalue weighted by Gasteiger charge is 2.22. The summed E-state index contributed by atoms with van der Waals surface area (Å²) in [5.41, 5.74) is 7.12. The van der Waals surface area contributed by atoms with E-state index in [1.54, 1.807) is 0 Å². The Balaban J connectivity index is 1.51. The third-order valence-corrected chi connectivity index (χ3v) is 5.78. The van der Waals surface area contributed by atoms with Crippen molar-refractivity contribution in [1.29, 1.82) is 0 Å². The summed E-state index contributed by atoms with van der Waals surface area (Å²) < 4.78 is 9.13. The summed E-state index contributed by atoms with van der Waals surface area (Å²) >= 11 is 0. The average molecular weight is 403 g/mol. The minimum absolute atomic E-state index is 0.723. The Morgan fingerprint density at radius 3 is 1.29 bits per heavy atom. The monoisotopic (exact) mass is 402 g/mol. The van der Waals surface area contributed by atoms with Crippen LogP contribution in [0.25, 0.3) is 33.4 Å². The predicted octanol–water partition coefficient (Wildman–Crippen LogP) is 4.66. The number of benzene rings is 4. The van der Waals surface area contributed by atoms with Gasteiger partial charge in [-0.25, -0.2) is 0 Å². The molecule has 0 saturated heterocycles. The normalized spacial score (nSPS) is 11.4. The summed E-state index contributed by atoms with van der Waals surface area (Å²) in [5.74, 6) is 0. The number of rotatable bonds is 4. The van der Waals surface area contributed by atoms with E-state index in [0.29, 0.717) is 0 Å². The lowest BCUT2D eigenvalue weighted by Gasteiger charge is -1.96. The first-order chi connectivity index (χ1) is 15.4. The van der Waals surface area contributed by atoms with Crippen LogP contribution in [0, 0.1) is 0 Å². The SMILES string of the molecule is c1ccc(-n2c[n+](C[n+]3cn(-c4ccccc4)c4ccccc43)c3ccccc32)cc1. The molecule has 0 atom stereocenters. The molecular formula is C27H22N4+2. The third-order valence-electron chi connectivity index (χ3n) is 5.78. The van der Waals surface area contributed by atoms with Crippen molar-refractivity contribution < 1.29 is 9.13 Å². The zero-order valence-electron chi connectivity index (χ0n) is 17.0. The van der Waals surface area contributed by atoms with Crippen molar-refractivity contribution in [2.24, 2.45) is 0 Å². The van der Waals surface area contributed by atoms with Crippen LogP contribution in [-0.4, -0.2) is 9.13 Å². The molecule has 0 saturated carbocycles. The summed E-state index contributed by atoms with van der Waals surface area (Å²) in [6, 6.07) is 38.1. The molecule has 2 aromatic heterocycles. The first-order valence-electron chi connectivity index (χ1n) is 10.5. The van der Waals surface area contributed by atoms with Crippen molar-refractivity contribution in [3.8, 4) is 11.4 Å². The maximum absolute atomic E-state index is 2.31. The van der Waals surface area contributed by atoms with E-state index in [4.69, 9.17) is 0 Å². The van der Waals surface area contributed by atoms with E-state index in [0.717, 1.165) is 18.0 Å². The maximum atomic E-state index is 2.31. The molecule has 6 rings (SSSR count). The number of fused-ring (bicyclic) bond motifs is 2. The Labute approximate surface area is 180 Å². The van der Waals surface area contributed by atoms with E-state index in [1.165, 1.54) is 22.1 Å². The Hall–Kier alpha value is -4.18. The predicted molar refractivity (Wildman–Crippen MR) is 122 cm³/mol. The standard InChI is InChI=1S/C27H22N4/c1-3-11-22(12-4-1)30-20-28(24-15-7-9-17-26(24)30)19-29-21-31(23-13-5-2-6-14-23)27-18-10-8-16-25(27)29/h1-18,20-21H,19H2/q+2. The van der Waals surface area contributed by atoms with Gasteiger partial charge in [-0.2, -0.15) is 18.3 Å². The molecule has 0 aliphatic rings. The first-order valence-corrected chi connectivity index (χ1v) is 10.5. The highest BCUT2D eigenvalue weighted by Crippen LogP contribution is 2.18. The fraction of sp³-hybridized carbons (Fsp3) is 0.0370. The molecule has 0 fully saturated rings. The second kappa shape index (κ2) is 7.26. The molecule has 148 valence electrons. The van der Waals surface area contributed by atoms with Crippen molar-refractivity contribution in [1.82, 2.24) is 9.13 Å². The van der Waals surface area contributed by atoms with E-state index in [9.17, 15) is 0 Å². The van der Waals surface area contributed by atoms with Crippen molar-refractivity contribution in [2.45, 2.75) is 6.67 Å².